The third-order valence-corrected chi connectivity index (χ3v) is 6.21. The van der Waals surface area contributed by atoms with Crippen LogP contribution in [-0.2, 0) is 27.9 Å². The molecule has 0 aliphatic carbocycles. The van der Waals surface area contributed by atoms with Gasteiger partial charge in [-0.3, -0.25) is 9.10 Å². The van der Waals surface area contributed by atoms with E-state index in [2.05, 4.69) is 0 Å². The summed E-state index contributed by atoms with van der Waals surface area (Å²) in [4.78, 5) is 15.1. The lowest BCUT2D eigenvalue weighted by molar-refractivity contribution is -0.133. The highest BCUT2D eigenvalue weighted by molar-refractivity contribution is 7.92. The Hall–Kier alpha value is -3.26. The van der Waals surface area contributed by atoms with E-state index < -0.39 is 33.6 Å². The number of hydrogen-bond acceptors (Lipinski definition) is 3. The third-order valence-electron chi connectivity index (χ3n) is 4.97. The molecule has 3 aromatic carbocycles. The van der Waals surface area contributed by atoms with Crippen LogP contribution in [-0.4, -0.2) is 31.5 Å². The summed E-state index contributed by atoms with van der Waals surface area (Å²) in [6.45, 7) is 1.95. The molecule has 0 bridgehead atoms. The fraction of sp³-hybridized carbons (Fsp3) is 0.208. The fourth-order valence-electron chi connectivity index (χ4n) is 3.51. The minimum absolute atomic E-state index is 0.119. The predicted octanol–water partition coefficient (Wildman–Crippen LogP) is 4.35. The number of nitrogens with zero attached hydrogens (tertiary/aromatic N) is 2. The Kier molecular flexibility index (Phi) is 7.25. The second-order valence-electron chi connectivity index (χ2n) is 7.50. The molecule has 0 saturated carbocycles. The molecule has 0 aromatic heterocycles. The summed E-state index contributed by atoms with van der Waals surface area (Å²) in [5.41, 5.74) is 1.64. The van der Waals surface area contributed by atoms with Gasteiger partial charge in [0.1, 0.15) is 6.04 Å². The monoisotopic (exact) mass is 458 g/mol. The molecule has 168 valence electrons. The maximum atomic E-state index is 13.8. The molecule has 0 radical (unpaired) electrons. The van der Waals surface area contributed by atoms with Crippen LogP contribution < -0.4 is 4.31 Å². The molecule has 32 heavy (non-hydrogen) atoms. The van der Waals surface area contributed by atoms with Crippen LogP contribution in [0.2, 0.25) is 0 Å². The molecular weight excluding hydrogens is 434 g/mol. The van der Waals surface area contributed by atoms with Crippen molar-refractivity contribution in [2.75, 3.05) is 10.6 Å². The molecule has 0 N–H and O–H groups in total. The van der Waals surface area contributed by atoms with Gasteiger partial charge in [-0.2, -0.15) is 0 Å². The molecule has 0 saturated heterocycles. The summed E-state index contributed by atoms with van der Waals surface area (Å²) in [7, 11) is -3.97. The first-order chi connectivity index (χ1) is 15.2. The van der Waals surface area contributed by atoms with Crippen molar-refractivity contribution < 1.29 is 22.0 Å². The van der Waals surface area contributed by atoms with Crippen LogP contribution >= 0.6 is 0 Å². The summed E-state index contributed by atoms with van der Waals surface area (Å²) >= 11 is 0. The Morgan fingerprint density at radius 1 is 0.844 bits per heavy atom. The number of hydrogen-bond donors (Lipinski definition) is 0. The van der Waals surface area contributed by atoms with Gasteiger partial charge >= 0.3 is 0 Å². The largest absolute Gasteiger partial charge is 0.332 e. The van der Waals surface area contributed by atoms with E-state index in [-0.39, 0.29) is 18.8 Å². The lowest BCUT2D eigenvalue weighted by Gasteiger charge is -2.33. The van der Waals surface area contributed by atoms with Crippen LogP contribution in [0.5, 0.6) is 0 Å². The van der Waals surface area contributed by atoms with Gasteiger partial charge in [-0.1, -0.05) is 60.7 Å². The van der Waals surface area contributed by atoms with Gasteiger partial charge < -0.3 is 4.90 Å². The molecule has 0 aliphatic heterocycles. The maximum Gasteiger partial charge on any atom is 0.246 e. The van der Waals surface area contributed by atoms with Crippen molar-refractivity contribution in [2.45, 2.75) is 26.1 Å². The van der Waals surface area contributed by atoms with Gasteiger partial charge in [0.25, 0.3) is 0 Å². The molecule has 3 rings (SSSR count). The first kappa shape index (κ1) is 23.4. The van der Waals surface area contributed by atoms with Crippen LogP contribution in [0.3, 0.4) is 0 Å². The van der Waals surface area contributed by atoms with Gasteiger partial charge in [0.2, 0.25) is 15.9 Å². The number of anilines is 1. The second-order valence-corrected chi connectivity index (χ2v) is 9.36. The maximum absolute atomic E-state index is 13.8. The smallest absolute Gasteiger partial charge is 0.246 e. The highest BCUT2D eigenvalue weighted by Gasteiger charge is 2.32. The van der Waals surface area contributed by atoms with Crippen molar-refractivity contribution in [2.24, 2.45) is 0 Å². The van der Waals surface area contributed by atoms with E-state index >= 15 is 0 Å². The van der Waals surface area contributed by atoms with Gasteiger partial charge in [-0.15, -0.1) is 0 Å². The minimum Gasteiger partial charge on any atom is -0.332 e. The zero-order valence-electron chi connectivity index (χ0n) is 17.8. The van der Waals surface area contributed by atoms with Crippen molar-refractivity contribution in [3.63, 3.8) is 0 Å². The zero-order chi connectivity index (χ0) is 23.3. The molecule has 0 aliphatic rings. The highest BCUT2D eigenvalue weighted by Crippen LogP contribution is 2.25. The number of carbonyl (C=O) groups excluding carboxylic acids is 1. The summed E-state index contributed by atoms with van der Waals surface area (Å²) in [5.74, 6) is -2.76. The lowest BCUT2D eigenvalue weighted by atomic mass is 10.1. The van der Waals surface area contributed by atoms with Crippen molar-refractivity contribution >= 4 is 21.6 Å². The standard InChI is InChI=1S/C24H24F2N2O3S/c1-18(28(32(2,30)31)21-13-14-22(25)23(26)15-21)24(29)27(16-19-9-5-3-6-10-19)17-20-11-7-4-8-12-20/h3-15,18H,16-17H2,1-2H3/t18-/m0/s1. The molecule has 0 fully saturated rings. The van der Waals surface area contributed by atoms with Gasteiger partial charge in [0, 0.05) is 19.2 Å². The summed E-state index contributed by atoms with van der Waals surface area (Å²) in [5, 5.41) is 0. The van der Waals surface area contributed by atoms with Gasteiger partial charge in [0.15, 0.2) is 11.6 Å². The Balaban J connectivity index is 1.96. The van der Waals surface area contributed by atoms with E-state index in [1.165, 1.54) is 6.92 Å². The average molecular weight is 459 g/mol. The average Bonchev–Trinajstić information content (AvgIpc) is 2.76. The molecule has 0 heterocycles. The first-order valence-electron chi connectivity index (χ1n) is 9.98. The van der Waals surface area contributed by atoms with Gasteiger partial charge in [0.05, 0.1) is 11.9 Å². The van der Waals surface area contributed by atoms with E-state index in [0.717, 1.165) is 39.9 Å². The van der Waals surface area contributed by atoms with Crippen LogP contribution in [0.25, 0.3) is 0 Å². The van der Waals surface area contributed by atoms with Gasteiger partial charge in [-0.25, -0.2) is 17.2 Å². The topological polar surface area (TPSA) is 57.7 Å². The Bertz CT molecular complexity index is 1130. The molecule has 1 amide bonds. The van der Waals surface area contributed by atoms with E-state index in [4.69, 9.17) is 0 Å². The van der Waals surface area contributed by atoms with Crippen LogP contribution in [0.15, 0.2) is 78.9 Å². The zero-order valence-corrected chi connectivity index (χ0v) is 18.6. The molecule has 8 heteroatoms. The molecule has 5 nitrogen and oxygen atoms in total. The number of rotatable bonds is 8. The minimum atomic E-state index is -3.97. The fourth-order valence-corrected chi connectivity index (χ4v) is 4.67. The SMILES string of the molecule is C[C@@H](C(=O)N(Cc1ccccc1)Cc1ccccc1)N(c1ccc(F)c(F)c1)S(C)(=O)=O. The van der Waals surface area contributed by atoms with Crippen molar-refractivity contribution in [3.05, 3.63) is 102 Å². The molecular formula is C24H24F2N2O3S. The normalized spacial score (nSPS) is 12.2. The van der Waals surface area contributed by atoms with E-state index in [9.17, 15) is 22.0 Å². The predicted molar refractivity (Wildman–Crippen MR) is 120 cm³/mol. The number of amides is 1. The van der Waals surface area contributed by atoms with Gasteiger partial charge in [-0.05, 0) is 30.2 Å². The van der Waals surface area contributed by atoms with Crippen molar-refractivity contribution in [1.82, 2.24) is 4.90 Å². The number of carbonyl (C=O) groups is 1. The van der Waals surface area contributed by atoms with Crippen molar-refractivity contribution in [3.8, 4) is 0 Å². The Labute approximate surface area is 187 Å². The Morgan fingerprint density at radius 2 is 1.34 bits per heavy atom. The molecule has 0 spiro atoms. The quantitative estimate of drug-likeness (QED) is 0.504. The summed E-state index contributed by atoms with van der Waals surface area (Å²) in [6, 6.07) is 20.2. The molecule has 3 aromatic rings. The Morgan fingerprint density at radius 3 is 1.78 bits per heavy atom. The van der Waals surface area contributed by atoms with Crippen LogP contribution in [0.1, 0.15) is 18.1 Å². The third kappa shape index (κ3) is 5.70. The second kappa shape index (κ2) is 9.91. The lowest BCUT2D eigenvalue weighted by Crippen LogP contribution is -2.49. The van der Waals surface area contributed by atoms with E-state index in [1.807, 2.05) is 60.7 Å². The summed E-state index contributed by atoms with van der Waals surface area (Å²) in [6.07, 6.45) is 0.927. The summed E-state index contributed by atoms with van der Waals surface area (Å²) < 4.78 is 53.2. The molecule has 1 atom stereocenters. The van der Waals surface area contributed by atoms with Crippen molar-refractivity contribution in [1.29, 1.82) is 0 Å². The first-order valence-corrected chi connectivity index (χ1v) is 11.8. The van der Waals surface area contributed by atoms with Crippen LogP contribution in [0.4, 0.5) is 14.5 Å². The number of halogens is 2. The number of sulfonamides is 1. The van der Waals surface area contributed by atoms with Crippen LogP contribution in [0, 0.1) is 11.6 Å². The number of benzene rings is 3. The van der Waals surface area contributed by atoms with E-state index in [0.29, 0.717) is 0 Å². The highest BCUT2D eigenvalue weighted by atomic mass is 32.2. The molecule has 0 unspecified atom stereocenters. The van der Waals surface area contributed by atoms with E-state index in [1.54, 1.807) is 4.90 Å².